The standard InChI is InChI=1S/C13H16N2O5/c1-13(2,12(17)18)7-8-14-11(16)9-3-5-10(6-4-9)15(19)20/h3-6H,7-8H2,1-2H3,(H,14,16)(H,17,18). The van der Waals surface area contributed by atoms with Crippen molar-refractivity contribution in [3.05, 3.63) is 39.9 Å². The van der Waals surface area contributed by atoms with E-state index in [2.05, 4.69) is 5.32 Å². The van der Waals surface area contributed by atoms with Gasteiger partial charge in [0.05, 0.1) is 10.3 Å². The SMILES string of the molecule is CC(C)(CCNC(=O)c1ccc([N+](=O)[O-])cc1)C(=O)O. The lowest BCUT2D eigenvalue weighted by atomic mass is 9.90. The van der Waals surface area contributed by atoms with E-state index in [9.17, 15) is 19.7 Å². The van der Waals surface area contributed by atoms with Crippen molar-refractivity contribution in [1.29, 1.82) is 0 Å². The molecule has 0 atom stereocenters. The minimum absolute atomic E-state index is 0.0893. The highest BCUT2D eigenvalue weighted by Crippen LogP contribution is 2.19. The molecule has 0 saturated heterocycles. The molecule has 0 aliphatic heterocycles. The van der Waals surface area contributed by atoms with Crippen LogP contribution in [-0.4, -0.2) is 28.5 Å². The van der Waals surface area contributed by atoms with E-state index in [0.29, 0.717) is 12.0 Å². The van der Waals surface area contributed by atoms with Crippen molar-refractivity contribution < 1.29 is 19.6 Å². The third-order valence-corrected chi connectivity index (χ3v) is 2.95. The van der Waals surface area contributed by atoms with E-state index >= 15 is 0 Å². The molecule has 0 spiro atoms. The first-order chi connectivity index (χ1) is 9.24. The number of amides is 1. The van der Waals surface area contributed by atoms with Gasteiger partial charge in [0.1, 0.15) is 0 Å². The maximum atomic E-state index is 11.8. The Kier molecular flexibility index (Phi) is 4.79. The van der Waals surface area contributed by atoms with Crippen LogP contribution in [0.2, 0.25) is 0 Å². The molecule has 0 radical (unpaired) electrons. The maximum Gasteiger partial charge on any atom is 0.309 e. The van der Waals surface area contributed by atoms with Crippen molar-refractivity contribution in [1.82, 2.24) is 5.32 Å². The predicted octanol–water partition coefficient (Wildman–Crippen LogP) is 1.83. The van der Waals surface area contributed by atoms with E-state index in [1.807, 2.05) is 0 Å². The van der Waals surface area contributed by atoms with Crippen LogP contribution in [0.3, 0.4) is 0 Å². The van der Waals surface area contributed by atoms with E-state index in [4.69, 9.17) is 5.11 Å². The third kappa shape index (κ3) is 4.04. The van der Waals surface area contributed by atoms with Crippen molar-refractivity contribution in [2.24, 2.45) is 5.41 Å². The number of carbonyl (C=O) groups excluding carboxylic acids is 1. The van der Waals surface area contributed by atoms with Gasteiger partial charge in [-0.3, -0.25) is 19.7 Å². The highest BCUT2D eigenvalue weighted by molar-refractivity contribution is 5.94. The van der Waals surface area contributed by atoms with Crippen LogP contribution >= 0.6 is 0 Å². The normalized spacial score (nSPS) is 10.9. The number of nitrogens with zero attached hydrogens (tertiary/aromatic N) is 1. The minimum atomic E-state index is -0.929. The van der Waals surface area contributed by atoms with Crippen molar-refractivity contribution >= 4 is 17.6 Å². The van der Waals surface area contributed by atoms with Gasteiger partial charge >= 0.3 is 5.97 Å². The van der Waals surface area contributed by atoms with E-state index in [1.165, 1.54) is 24.3 Å². The highest BCUT2D eigenvalue weighted by atomic mass is 16.6. The molecule has 0 aromatic heterocycles. The lowest BCUT2D eigenvalue weighted by Gasteiger charge is -2.18. The monoisotopic (exact) mass is 280 g/mol. The van der Waals surface area contributed by atoms with Crippen LogP contribution in [0.15, 0.2) is 24.3 Å². The Morgan fingerprint density at radius 3 is 2.30 bits per heavy atom. The Morgan fingerprint density at radius 1 is 1.30 bits per heavy atom. The molecule has 2 N–H and O–H groups in total. The second-order valence-electron chi connectivity index (χ2n) is 5.00. The first-order valence-corrected chi connectivity index (χ1v) is 6.00. The van der Waals surface area contributed by atoms with Crippen LogP contribution in [0.5, 0.6) is 0 Å². The van der Waals surface area contributed by atoms with Gasteiger partial charge in [0.25, 0.3) is 11.6 Å². The molecule has 1 amide bonds. The van der Waals surface area contributed by atoms with Crippen LogP contribution in [0.25, 0.3) is 0 Å². The summed E-state index contributed by atoms with van der Waals surface area (Å²) in [4.78, 5) is 32.6. The number of carboxylic acids is 1. The summed E-state index contributed by atoms with van der Waals surface area (Å²) in [6, 6.07) is 5.21. The fourth-order valence-electron chi connectivity index (χ4n) is 1.43. The Balaban J connectivity index is 2.55. The van der Waals surface area contributed by atoms with Gasteiger partial charge in [0, 0.05) is 24.2 Å². The Bertz CT molecular complexity index is 522. The summed E-state index contributed by atoms with van der Waals surface area (Å²) in [5.41, 5.74) is -0.708. The lowest BCUT2D eigenvalue weighted by Crippen LogP contribution is -2.31. The fraction of sp³-hybridized carbons (Fsp3) is 0.385. The van der Waals surface area contributed by atoms with Gasteiger partial charge in [-0.25, -0.2) is 0 Å². The summed E-state index contributed by atoms with van der Waals surface area (Å²) >= 11 is 0. The number of carboxylic acid groups (broad SMARTS) is 1. The first kappa shape index (κ1) is 15.6. The number of non-ortho nitro benzene ring substituents is 1. The van der Waals surface area contributed by atoms with Crippen molar-refractivity contribution in [2.75, 3.05) is 6.54 Å². The number of hydrogen-bond acceptors (Lipinski definition) is 4. The zero-order valence-corrected chi connectivity index (χ0v) is 11.3. The number of hydrogen-bond donors (Lipinski definition) is 2. The molecule has 7 nitrogen and oxygen atoms in total. The first-order valence-electron chi connectivity index (χ1n) is 6.00. The molecule has 0 bridgehead atoms. The van der Waals surface area contributed by atoms with Gasteiger partial charge in [0.2, 0.25) is 0 Å². The molecule has 0 fully saturated rings. The molecule has 0 unspecified atom stereocenters. The average molecular weight is 280 g/mol. The van der Waals surface area contributed by atoms with Crippen molar-refractivity contribution in [3.63, 3.8) is 0 Å². The van der Waals surface area contributed by atoms with Crippen molar-refractivity contribution in [3.8, 4) is 0 Å². The molecular formula is C13H16N2O5. The van der Waals surface area contributed by atoms with Crippen molar-refractivity contribution in [2.45, 2.75) is 20.3 Å². The van der Waals surface area contributed by atoms with Crippen LogP contribution in [0, 0.1) is 15.5 Å². The summed E-state index contributed by atoms with van der Waals surface area (Å²) in [5, 5.41) is 22.0. The van der Waals surface area contributed by atoms with Crippen LogP contribution in [0.4, 0.5) is 5.69 Å². The number of rotatable bonds is 6. The third-order valence-electron chi connectivity index (χ3n) is 2.95. The number of nitro benzene ring substituents is 1. The second kappa shape index (κ2) is 6.14. The van der Waals surface area contributed by atoms with Gasteiger partial charge in [-0.2, -0.15) is 0 Å². The molecule has 1 aromatic carbocycles. The maximum absolute atomic E-state index is 11.8. The Morgan fingerprint density at radius 2 is 1.85 bits per heavy atom. The lowest BCUT2D eigenvalue weighted by molar-refractivity contribution is -0.384. The number of benzene rings is 1. The molecule has 20 heavy (non-hydrogen) atoms. The summed E-state index contributed by atoms with van der Waals surface area (Å²) in [6.45, 7) is 3.37. The molecular weight excluding hydrogens is 264 g/mol. The van der Waals surface area contributed by atoms with Crippen LogP contribution in [-0.2, 0) is 4.79 Å². The smallest absolute Gasteiger partial charge is 0.309 e. The summed E-state index contributed by atoms with van der Waals surface area (Å²) in [5.74, 6) is -1.32. The van der Waals surface area contributed by atoms with E-state index in [0.717, 1.165) is 0 Å². The molecule has 7 heteroatoms. The Labute approximate surface area is 115 Å². The molecule has 0 saturated carbocycles. The number of aliphatic carboxylic acids is 1. The number of carbonyl (C=O) groups is 2. The molecule has 0 aliphatic carbocycles. The van der Waals surface area contributed by atoms with Gasteiger partial charge in [-0.1, -0.05) is 0 Å². The van der Waals surface area contributed by atoms with Gasteiger partial charge < -0.3 is 10.4 Å². The average Bonchev–Trinajstić information content (AvgIpc) is 2.38. The van der Waals surface area contributed by atoms with E-state index in [-0.39, 0.29) is 18.1 Å². The number of nitro groups is 1. The topological polar surface area (TPSA) is 110 Å². The van der Waals surface area contributed by atoms with E-state index < -0.39 is 16.3 Å². The predicted molar refractivity (Wildman–Crippen MR) is 71.5 cm³/mol. The Hall–Kier alpha value is -2.44. The fourth-order valence-corrected chi connectivity index (χ4v) is 1.43. The van der Waals surface area contributed by atoms with Crippen LogP contribution in [0.1, 0.15) is 30.6 Å². The van der Waals surface area contributed by atoms with Crippen LogP contribution < -0.4 is 5.32 Å². The highest BCUT2D eigenvalue weighted by Gasteiger charge is 2.26. The number of nitrogens with one attached hydrogen (secondary N) is 1. The zero-order valence-electron chi connectivity index (χ0n) is 11.3. The molecule has 0 heterocycles. The van der Waals surface area contributed by atoms with Gasteiger partial charge in [-0.15, -0.1) is 0 Å². The largest absolute Gasteiger partial charge is 0.481 e. The molecule has 0 aliphatic rings. The molecule has 1 aromatic rings. The summed E-state index contributed by atoms with van der Waals surface area (Å²) in [6.07, 6.45) is 0.293. The van der Waals surface area contributed by atoms with Gasteiger partial charge in [-0.05, 0) is 32.4 Å². The quantitative estimate of drug-likeness (QED) is 0.610. The summed E-state index contributed by atoms with van der Waals surface area (Å²) in [7, 11) is 0. The molecule has 108 valence electrons. The van der Waals surface area contributed by atoms with E-state index in [1.54, 1.807) is 13.8 Å². The van der Waals surface area contributed by atoms with Gasteiger partial charge in [0.15, 0.2) is 0 Å². The minimum Gasteiger partial charge on any atom is -0.481 e. The second-order valence-corrected chi connectivity index (χ2v) is 5.00. The summed E-state index contributed by atoms with van der Waals surface area (Å²) < 4.78 is 0. The zero-order chi connectivity index (χ0) is 15.3. The molecule has 1 rings (SSSR count).